The Morgan fingerprint density at radius 3 is 2.33 bits per heavy atom. The summed E-state index contributed by atoms with van der Waals surface area (Å²) in [6.45, 7) is 7.50. The Morgan fingerprint density at radius 2 is 1.89 bits per heavy atom. The van der Waals surface area contributed by atoms with Gasteiger partial charge in [0, 0.05) is 7.11 Å². The molecule has 1 heterocycles. The summed E-state index contributed by atoms with van der Waals surface area (Å²) in [4.78, 5) is 0. The van der Waals surface area contributed by atoms with Crippen LogP contribution >= 0.6 is 0 Å². The standard InChI is InChI=1S/C13H26O5/c1-8(2)6-9(15)11(16-5)12-10(7-14)17-13(3,4)18-12/h8-12,14-15H,6-7H2,1-5H3/t9-,10-,11-,12-/m0/s1. The van der Waals surface area contributed by atoms with Gasteiger partial charge < -0.3 is 24.4 Å². The number of hydrogen-bond acceptors (Lipinski definition) is 5. The van der Waals surface area contributed by atoms with E-state index in [1.165, 1.54) is 7.11 Å². The molecular formula is C13H26O5. The quantitative estimate of drug-likeness (QED) is 0.745. The fourth-order valence-electron chi connectivity index (χ4n) is 2.41. The molecule has 0 aliphatic carbocycles. The van der Waals surface area contributed by atoms with Crippen molar-refractivity contribution in [3.63, 3.8) is 0 Å². The molecule has 0 amide bonds. The van der Waals surface area contributed by atoms with E-state index in [-0.39, 0.29) is 6.61 Å². The van der Waals surface area contributed by atoms with E-state index in [1.807, 2.05) is 13.8 Å². The Morgan fingerprint density at radius 1 is 1.28 bits per heavy atom. The minimum absolute atomic E-state index is 0.150. The number of aliphatic hydroxyl groups excluding tert-OH is 2. The lowest BCUT2D eigenvalue weighted by Crippen LogP contribution is -2.46. The SMILES string of the molecule is CO[C@H]([C@H]1OC(C)(C)O[C@H]1CO)[C@@H](O)CC(C)C. The van der Waals surface area contributed by atoms with E-state index in [4.69, 9.17) is 14.2 Å². The molecule has 1 aliphatic heterocycles. The molecule has 0 aromatic rings. The van der Waals surface area contributed by atoms with Crippen LogP contribution in [0.25, 0.3) is 0 Å². The monoisotopic (exact) mass is 262 g/mol. The molecule has 1 fully saturated rings. The van der Waals surface area contributed by atoms with Crippen molar-refractivity contribution in [2.45, 2.75) is 64.3 Å². The largest absolute Gasteiger partial charge is 0.394 e. The molecule has 0 aromatic carbocycles. The Balaban J connectivity index is 2.74. The van der Waals surface area contributed by atoms with Crippen LogP contribution in [0.1, 0.15) is 34.1 Å². The summed E-state index contributed by atoms with van der Waals surface area (Å²) >= 11 is 0. The second-order valence-electron chi connectivity index (χ2n) is 5.72. The van der Waals surface area contributed by atoms with Crippen LogP contribution in [0.2, 0.25) is 0 Å². The van der Waals surface area contributed by atoms with Crippen molar-refractivity contribution in [2.24, 2.45) is 5.92 Å². The first-order valence-electron chi connectivity index (χ1n) is 6.48. The smallest absolute Gasteiger partial charge is 0.164 e. The Labute approximate surface area is 109 Å². The van der Waals surface area contributed by atoms with Gasteiger partial charge in [0.15, 0.2) is 5.79 Å². The van der Waals surface area contributed by atoms with Crippen molar-refractivity contribution in [2.75, 3.05) is 13.7 Å². The molecule has 0 spiro atoms. The van der Waals surface area contributed by atoms with Gasteiger partial charge in [-0.05, 0) is 26.2 Å². The number of rotatable bonds is 6. The second-order valence-corrected chi connectivity index (χ2v) is 5.72. The maximum absolute atomic E-state index is 10.2. The van der Waals surface area contributed by atoms with E-state index in [0.29, 0.717) is 12.3 Å². The Kier molecular flexibility index (Phi) is 5.55. The molecule has 1 aliphatic rings. The first-order valence-corrected chi connectivity index (χ1v) is 6.48. The summed E-state index contributed by atoms with van der Waals surface area (Å²) in [5.74, 6) is -0.396. The van der Waals surface area contributed by atoms with Gasteiger partial charge in [-0.2, -0.15) is 0 Å². The molecule has 0 saturated carbocycles. The lowest BCUT2D eigenvalue weighted by atomic mass is 9.96. The lowest BCUT2D eigenvalue weighted by Gasteiger charge is -2.29. The van der Waals surface area contributed by atoms with E-state index in [2.05, 4.69) is 0 Å². The van der Waals surface area contributed by atoms with Gasteiger partial charge in [-0.15, -0.1) is 0 Å². The Bertz CT molecular complexity index is 254. The number of hydrogen-bond donors (Lipinski definition) is 2. The highest BCUT2D eigenvalue weighted by Gasteiger charge is 2.47. The molecule has 18 heavy (non-hydrogen) atoms. The van der Waals surface area contributed by atoms with Crippen molar-refractivity contribution in [3.8, 4) is 0 Å². The zero-order valence-electron chi connectivity index (χ0n) is 11.9. The summed E-state index contributed by atoms with van der Waals surface area (Å²) < 4.78 is 16.7. The summed E-state index contributed by atoms with van der Waals surface area (Å²) in [5.41, 5.74) is 0. The molecule has 4 atom stereocenters. The van der Waals surface area contributed by atoms with Crippen LogP contribution < -0.4 is 0 Å². The van der Waals surface area contributed by atoms with Gasteiger partial charge >= 0.3 is 0 Å². The third-order valence-corrected chi connectivity index (χ3v) is 3.09. The fraction of sp³-hybridized carbons (Fsp3) is 1.00. The van der Waals surface area contributed by atoms with E-state index < -0.39 is 30.2 Å². The molecule has 1 rings (SSSR count). The third-order valence-electron chi connectivity index (χ3n) is 3.09. The number of aliphatic hydroxyl groups is 2. The molecule has 5 heteroatoms. The van der Waals surface area contributed by atoms with Crippen LogP contribution in [0.3, 0.4) is 0 Å². The zero-order valence-corrected chi connectivity index (χ0v) is 11.9. The maximum Gasteiger partial charge on any atom is 0.164 e. The van der Waals surface area contributed by atoms with Gasteiger partial charge in [0.05, 0.1) is 12.7 Å². The number of ether oxygens (including phenoxy) is 3. The normalized spacial score (nSPS) is 30.7. The predicted octanol–water partition coefficient (Wildman–Crippen LogP) is 0.921. The number of methoxy groups -OCH3 is 1. The van der Waals surface area contributed by atoms with Crippen molar-refractivity contribution in [3.05, 3.63) is 0 Å². The van der Waals surface area contributed by atoms with Crippen LogP contribution in [0, 0.1) is 5.92 Å². The third kappa shape index (κ3) is 3.90. The van der Waals surface area contributed by atoms with Gasteiger partial charge in [0.2, 0.25) is 0 Å². The van der Waals surface area contributed by atoms with Crippen molar-refractivity contribution < 1.29 is 24.4 Å². The van der Waals surface area contributed by atoms with Crippen molar-refractivity contribution in [1.29, 1.82) is 0 Å². The van der Waals surface area contributed by atoms with Crippen LogP contribution in [0.5, 0.6) is 0 Å². The van der Waals surface area contributed by atoms with E-state index in [0.717, 1.165) is 0 Å². The molecule has 1 saturated heterocycles. The first-order chi connectivity index (χ1) is 8.30. The van der Waals surface area contributed by atoms with E-state index >= 15 is 0 Å². The first kappa shape index (κ1) is 15.9. The summed E-state index contributed by atoms with van der Waals surface area (Å²) in [6.07, 6.45) is -1.43. The molecule has 108 valence electrons. The van der Waals surface area contributed by atoms with Crippen molar-refractivity contribution >= 4 is 0 Å². The van der Waals surface area contributed by atoms with E-state index in [1.54, 1.807) is 13.8 Å². The molecule has 5 nitrogen and oxygen atoms in total. The molecule has 0 aromatic heterocycles. The van der Waals surface area contributed by atoms with Crippen LogP contribution in [0.4, 0.5) is 0 Å². The second kappa shape index (κ2) is 6.30. The average molecular weight is 262 g/mol. The minimum Gasteiger partial charge on any atom is -0.394 e. The van der Waals surface area contributed by atoms with Crippen LogP contribution in [0.15, 0.2) is 0 Å². The predicted molar refractivity (Wildman–Crippen MR) is 67.2 cm³/mol. The topological polar surface area (TPSA) is 68.2 Å². The highest BCUT2D eigenvalue weighted by molar-refractivity contribution is 4.90. The highest BCUT2D eigenvalue weighted by Crippen LogP contribution is 2.32. The van der Waals surface area contributed by atoms with Gasteiger partial charge in [-0.1, -0.05) is 13.8 Å². The average Bonchev–Trinajstić information content (AvgIpc) is 2.54. The molecular weight excluding hydrogens is 236 g/mol. The fourth-order valence-corrected chi connectivity index (χ4v) is 2.41. The maximum atomic E-state index is 10.2. The molecule has 0 radical (unpaired) electrons. The van der Waals surface area contributed by atoms with Gasteiger partial charge in [0.1, 0.15) is 18.3 Å². The van der Waals surface area contributed by atoms with Gasteiger partial charge in [0.25, 0.3) is 0 Å². The minimum atomic E-state index is -0.758. The van der Waals surface area contributed by atoms with Gasteiger partial charge in [-0.25, -0.2) is 0 Å². The van der Waals surface area contributed by atoms with Crippen LogP contribution in [-0.4, -0.2) is 54.1 Å². The summed E-state index contributed by atoms with van der Waals surface area (Å²) in [5, 5.41) is 19.5. The van der Waals surface area contributed by atoms with Crippen molar-refractivity contribution in [1.82, 2.24) is 0 Å². The molecule has 0 unspecified atom stereocenters. The lowest BCUT2D eigenvalue weighted by molar-refractivity contribution is -0.167. The highest BCUT2D eigenvalue weighted by atomic mass is 16.8. The molecule has 2 N–H and O–H groups in total. The van der Waals surface area contributed by atoms with E-state index in [9.17, 15) is 10.2 Å². The zero-order chi connectivity index (χ0) is 13.9. The van der Waals surface area contributed by atoms with Gasteiger partial charge in [-0.3, -0.25) is 0 Å². The summed E-state index contributed by atoms with van der Waals surface area (Å²) in [7, 11) is 1.54. The van der Waals surface area contributed by atoms with Crippen LogP contribution in [-0.2, 0) is 14.2 Å². The molecule has 0 bridgehead atoms. The summed E-state index contributed by atoms with van der Waals surface area (Å²) in [6, 6.07) is 0. The Hall–Kier alpha value is -0.200.